The summed E-state index contributed by atoms with van der Waals surface area (Å²) in [5.41, 5.74) is 15.0. The molecule has 152 valence electrons. The van der Waals surface area contributed by atoms with Crippen molar-refractivity contribution in [3.63, 3.8) is 0 Å². The van der Waals surface area contributed by atoms with Crippen molar-refractivity contribution in [1.29, 1.82) is 0 Å². The molecule has 10 heteroatoms. The smallest absolute Gasteiger partial charge is 0.250 e. The summed E-state index contributed by atoms with van der Waals surface area (Å²) in [7, 11) is 0. The predicted molar refractivity (Wildman–Crippen MR) is 109 cm³/mol. The van der Waals surface area contributed by atoms with Crippen LogP contribution in [0.15, 0.2) is 29.2 Å². The first kappa shape index (κ1) is 18.2. The molecule has 0 radical (unpaired) electrons. The highest BCUT2D eigenvalue weighted by Crippen LogP contribution is 2.48. The number of hydrogen-bond donors (Lipinski definition) is 2. The van der Waals surface area contributed by atoms with Gasteiger partial charge in [-0.1, -0.05) is 5.16 Å². The Morgan fingerprint density at radius 1 is 1.20 bits per heavy atom. The van der Waals surface area contributed by atoms with Crippen LogP contribution in [0.25, 0.3) is 33.7 Å². The van der Waals surface area contributed by atoms with Gasteiger partial charge in [0.15, 0.2) is 5.65 Å². The first-order valence-electron chi connectivity index (χ1n) is 9.70. The summed E-state index contributed by atoms with van der Waals surface area (Å²) in [4.78, 5) is 24.4. The SMILES string of the molecule is CC(C)n1nc(-c2noc(C3CC3)c2-c2ccc(C(N)=O)cn2)c2c(N)ncnc21. The van der Waals surface area contributed by atoms with Crippen molar-refractivity contribution in [1.82, 2.24) is 29.9 Å². The van der Waals surface area contributed by atoms with Gasteiger partial charge in [-0.25, -0.2) is 14.6 Å². The summed E-state index contributed by atoms with van der Waals surface area (Å²) in [5.74, 6) is 0.826. The molecule has 0 bridgehead atoms. The maximum atomic E-state index is 11.4. The lowest BCUT2D eigenvalue weighted by atomic mass is 10.0. The van der Waals surface area contributed by atoms with Gasteiger partial charge >= 0.3 is 0 Å². The molecule has 0 saturated heterocycles. The van der Waals surface area contributed by atoms with Gasteiger partial charge in [-0.2, -0.15) is 5.10 Å². The summed E-state index contributed by atoms with van der Waals surface area (Å²) in [6.07, 6.45) is 4.92. The van der Waals surface area contributed by atoms with Crippen LogP contribution < -0.4 is 11.5 Å². The van der Waals surface area contributed by atoms with E-state index in [1.807, 2.05) is 13.8 Å². The molecule has 1 aliphatic carbocycles. The van der Waals surface area contributed by atoms with Crippen LogP contribution in [-0.4, -0.2) is 35.8 Å². The quantitative estimate of drug-likeness (QED) is 0.515. The van der Waals surface area contributed by atoms with E-state index in [9.17, 15) is 4.79 Å². The minimum absolute atomic E-state index is 0.0572. The molecule has 1 amide bonds. The van der Waals surface area contributed by atoms with Crippen LogP contribution in [0.2, 0.25) is 0 Å². The molecular formula is C20H20N8O2. The Morgan fingerprint density at radius 3 is 2.63 bits per heavy atom. The van der Waals surface area contributed by atoms with E-state index in [0.717, 1.165) is 24.2 Å². The lowest BCUT2D eigenvalue weighted by Crippen LogP contribution is -2.11. The summed E-state index contributed by atoms with van der Waals surface area (Å²) in [6.45, 7) is 4.02. The van der Waals surface area contributed by atoms with Crippen LogP contribution in [-0.2, 0) is 0 Å². The lowest BCUT2D eigenvalue weighted by Gasteiger charge is -2.05. The van der Waals surface area contributed by atoms with Gasteiger partial charge in [0, 0.05) is 18.2 Å². The number of rotatable bonds is 5. The lowest BCUT2D eigenvalue weighted by molar-refractivity contribution is 0.1000. The van der Waals surface area contributed by atoms with Gasteiger partial charge in [0.05, 0.1) is 22.2 Å². The van der Waals surface area contributed by atoms with E-state index in [0.29, 0.717) is 39.5 Å². The highest BCUT2D eigenvalue weighted by molar-refractivity contribution is 6.00. The molecule has 1 fully saturated rings. The molecule has 4 N–H and O–H groups in total. The maximum Gasteiger partial charge on any atom is 0.250 e. The molecule has 1 saturated carbocycles. The zero-order valence-electron chi connectivity index (χ0n) is 16.5. The number of nitrogens with zero attached hydrogens (tertiary/aromatic N) is 6. The molecule has 0 unspecified atom stereocenters. The fourth-order valence-corrected chi connectivity index (χ4v) is 3.54. The predicted octanol–water partition coefficient (Wildman–Crippen LogP) is 2.68. The number of primary amides is 1. The second-order valence-corrected chi connectivity index (χ2v) is 7.69. The third-order valence-corrected chi connectivity index (χ3v) is 5.20. The van der Waals surface area contributed by atoms with E-state index in [-0.39, 0.29) is 12.0 Å². The van der Waals surface area contributed by atoms with Gasteiger partial charge in [-0.05, 0) is 38.8 Å². The second kappa shape index (κ2) is 6.61. The molecule has 0 atom stereocenters. The molecule has 0 aliphatic heterocycles. The summed E-state index contributed by atoms with van der Waals surface area (Å²) in [6, 6.07) is 3.44. The molecule has 0 aromatic carbocycles. The van der Waals surface area contributed by atoms with Gasteiger partial charge in [-0.3, -0.25) is 9.78 Å². The standard InChI is InChI=1S/C20H20N8O2/c1-9(2)28-20-14(18(21)24-8-25-20)15(26-28)16-13(17(30-27-16)10-3-4-10)12-6-5-11(7-23-12)19(22)29/h5-10H,3-4H2,1-2H3,(H2,22,29)(H2,21,24,25). The van der Waals surface area contributed by atoms with Crippen molar-refractivity contribution in [3.05, 3.63) is 36.0 Å². The fraction of sp³-hybridized carbons (Fsp3) is 0.300. The monoisotopic (exact) mass is 404 g/mol. The van der Waals surface area contributed by atoms with E-state index in [4.69, 9.17) is 21.1 Å². The van der Waals surface area contributed by atoms with Gasteiger partial charge in [0.25, 0.3) is 0 Å². The Hall–Kier alpha value is -3.82. The van der Waals surface area contributed by atoms with Gasteiger partial charge < -0.3 is 16.0 Å². The molecular weight excluding hydrogens is 384 g/mol. The average molecular weight is 404 g/mol. The summed E-state index contributed by atoms with van der Waals surface area (Å²) < 4.78 is 7.55. The summed E-state index contributed by atoms with van der Waals surface area (Å²) >= 11 is 0. The Kier molecular flexibility index (Phi) is 4.02. The van der Waals surface area contributed by atoms with Gasteiger partial charge in [-0.15, -0.1) is 0 Å². The number of nitrogens with two attached hydrogens (primary N) is 2. The van der Waals surface area contributed by atoms with Crippen molar-refractivity contribution in [2.75, 3.05) is 5.73 Å². The summed E-state index contributed by atoms with van der Waals surface area (Å²) in [5, 5.41) is 9.73. The number of amides is 1. The van der Waals surface area contributed by atoms with E-state index < -0.39 is 5.91 Å². The number of fused-ring (bicyclic) bond motifs is 1. The molecule has 1 aliphatic rings. The highest BCUT2D eigenvalue weighted by Gasteiger charge is 2.35. The fourth-order valence-electron chi connectivity index (χ4n) is 3.54. The van der Waals surface area contributed by atoms with Crippen LogP contribution in [0.4, 0.5) is 5.82 Å². The van der Waals surface area contributed by atoms with Crippen molar-refractivity contribution >= 4 is 22.8 Å². The van der Waals surface area contributed by atoms with Crippen LogP contribution in [0, 0.1) is 0 Å². The zero-order chi connectivity index (χ0) is 21.0. The number of aromatic nitrogens is 6. The van der Waals surface area contributed by atoms with Crippen LogP contribution in [0.1, 0.15) is 54.8 Å². The first-order valence-corrected chi connectivity index (χ1v) is 9.70. The van der Waals surface area contributed by atoms with Crippen LogP contribution in [0.3, 0.4) is 0 Å². The Labute approximate surface area is 171 Å². The van der Waals surface area contributed by atoms with E-state index in [2.05, 4.69) is 20.1 Å². The molecule has 4 heterocycles. The Bertz CT molecular complexity index is 1270. The normalized spacial score (nSPS) is 14.0. The minimum atomic E-state index is -0.534. The van der Waals surface area contributed by atoms with E-state index in [1.165, 1.54) is 12.5 Å². The number of anilines is 1. The number of carbonyl (C=O) groups excluding carboxylic acids is 1. The zero-order valence-corrected chi connectivity index (χ0v) is 16.5. The Morgan fingerprint density at radius 2 is 2.00 bits per heavy atom. The number of carbonyl (C=O) groups is 1. The van der Waals surface area contributed by atoms with Crippen molar-refractivity contribution in [2.45, 2.75) is 38.6 Å². The van der Waals surface area contributed by atoms with Crippen molar-refractivity contribution in [3.8, 4) is 22.6 Å². The van der Waals surface area contributed by atoms with Gasteiger partial charge in [0.1, 0.15) is 29.3 Å². The molecule has 4 aromatic rings. The molecule has 0 spiro atoms. The third-order valence-electron chi connectivity index (χ3n) is 5.20. The maximum absolute atomic E-state index is 11.4. The number of hydrogen-bond acceptors (Lipinski definition) is 8. The number of pyridine rings is 1. The van der Waals surface area contributed by atoms with E-state index >= 15 is 0 Å². The topological polar surface area (TPSA) is 152 Å². The van der Waals surface area contributed by atoms with Crippen molar-refractivity contribution < 1.29 is 9.32 Å². The highest BCUT2D eigenvalue weighted by atomic mass is 16.5. The largest absolute Gasteiger partial charge is 0.383 e. The number of nitrogen functional groups attached to an aromatic ring is 1. The van der Waals surface area contributed by atoms with E-state index in [1.54, 1.807) is 16.8 Å². The van der Waals surface area contributed by atoms with Gasteiger partial charge in [0.2, 0.25) is 5.91 Å². The molecule has 30 heavy (non-hydrogen) atoms. The molecule has 4 aromatic heterocycles. The van der Waals surface area contributed by atoms with Crippen LogP contribution >= 0.6 is 0 Å². The second-order valence-electron chi connectivity index (χ2n) is 7.69. The minimum Gasteiger partial charge on any atom is -0.383 e. The van der Waals surface area contributed by atoms with Crippen molar-refractivity contribution in [2.24, 2.45) is 5.73 Å². The molecule has 10 nitrogen and oxygen atoms in total. The first-order chi connectivity index (χ1) is 14.5. The Balaban J connectivity index is 1.76. The third kappa shape index (κ3) is 2.79. The molecule has 5 rings (SSSR count). The van der Waals surface area contributed by atoms with Crippen LogP contribution in [0.5, 0.6) is 0 Å². The average Bonchev–Trinajstić information content (AvgIpc) is 3.34.